The lowest BCUT2D eigenvalue weighted by Gasteiger charge is -2.31. The van der Waals surface area contributed by atoms with Gasteiger partial charge in [0.1, 0.15) is 18.2 Å². The van der Waals surface area contributed by atoms with E-state index in [0.717, 1.165) is 67.7 Å². The van der Waals surface area contributed by atoms with Crippen molar-refractivity contribution >= 4 is 17.1 Å². The second-order valence-corrected chi connectivity index (χ2v) is 9.03. The molecule has 0 aliphatic carbocycles. The molecule has 1 saturated heterocycles. The third-order valence-corrected chi connectivity index (χ3v) is 7.02. The Labute approximate surface area is 184 Å². The number of aromatic nitrogens is 3. The summed E-state index contributed by atoms with van der Waals surface area (Å²) in [4.78, 5) is 14.7. The largest absolute Gasteiger partial charge is 0.481 e. The lowest BCUT2D eigenvalue weighted by atomic mass is 9.95. The van der Waals surface area contributed by atoms with E-state index in [9.17, 15) is 9.18 Å². The number of hydrogen-bond acceptors (Lipinski definition) is 6. The van der Waals surface area contributed by atoms with E-state index in [1.165, 1.54) is 12.1 Å². The third-order valence-electron chi connectivity index (χ3n) is 6.20. The third kappa shape index (κ3) is 4.27. The Morgan fingerprint density at radius 3 is 2.74 bits per heavy atom. The molecule has 1 aromatic carbocycles. The highest BCUT2D eigenvalue weighted by Crippen LogP contribution is 2.38. The van der Waals surface area contributed by atoms with Crippen LogP contribution in [0.1, 0.15) is 47.8 Å². The molecule has 2 aliphatic heterocycles. The van der Waals surface area contributed by atoms with Crippen LogP contribution in [-0.2, 0) is 6.54 Å². The molecule has 0 saturated carbocycles. The van der Waals surface area contributed by atoms with E-state index >= 15 is 0 Å². The highest BCUT2D eigenvalue weighted by atomic mass is 32.1. The van der Waals surface area contributed by atoms with Crippen LogP contribution in [0.3, 0.4) is 0 Å². The van der Waals surface area contributed by atoms with Gasteiger partial charge in [-0.2, -0.15) is 0 Å². The van der Waals surface area contributed by atoms with Gasteiger partial charge in [-0.1, -0.05) is 0 Å². The first-order valence-corrected chi connectivity index (χ1v) is 11.7. The highest BCUT2D eigenvalue weighted by molar-refractivity contribution is 7.12. The Kier molecular flexibility index (Phi) is 5.82. The van der Waals surface area contributed by atoms with E-state index in [4.69, 9.17) is 4.74 Å². The number of benzene rings is 1. The van der Waals surface area contributed by atoms with Crippen molar-refractivity contribution in [1.82, 2.24) is 19.7 Å². The molecule has 4 heterocycles. The molecule has 0 unspecified atom stereocenters. The summed E-state index contributed by atoms with van der Waals surface area (Å²) >= 11 is 1.61. The number of rotatable bonds is 6. The molecule has 8 heteroatoms. The molecular formula is C23H25FN4O2S. The average Bonchev–Trinajstić information content (AvgIpc) is 3.38. The number of hydrogen-bond donors (Lipinski definition) is 0. The molecule has 6 nitrogen and oxygen atoms in total. The lowest BCUT2D eigenvalue weighted by molar-refractivity contribution is 0.0972. The fraction of sp³-hybridized carbons (Fsp3) is 0.435. The van der Waals surface area contributed by atoms with Crippen molar-refractivity contribution < 1.29 is 13.9 Å². The van der Waals surface area contributed by atoms with Crippen LogP contribution in [0.25, 0.3) is 11.4 Å². The summed E-state index contributed by atoms with van der Waals surface area (Å²) in [5.74, 6) is 2.16. The second-order valence-electron chi connectivity index (χ2n) is 8.15. The minimum absolute atomic E-state index is 0.0797. The predicted molar refractivity (Wildman–Crippen MR) is 117 cm³/mol. The summed E-state index contributed by atoms with van der Waals surface area (Å²) in [6.45, 7) is 4.33. The number of carbonyl (C=O) groups is 1. The zero-order valence-corrected chi connectivity index (χ0v) is 18.1. The molecule has 0 atom stereocenters. The first kappa shape index (κ1) is 20.3. The summed E-state index contributed by atoms with van der Waals surface area (Å²) in [6, 6.07) is 7.87. The van der Waals surface area contributed by atoms with Gasteiger partial charge in [-0.05, 0) is 74.6 Å². The molecule has 162 valence electrons. The zero-order chi connectivity index (χ0) is 21.2. The number of thiophene rings is 1. The zero-order valence-electron chi connectivity index (χ0n) is 17.3. The van der Waals surface area contributed by atoms with Gasteiger partial charge in [0.05, 0.1) is 12.1 Å². The second kappa shape index (κ2) is 8.88. The minimum atomic E-state index is -0.313. The predicted octanol–water partition coefficient (Wildman–Crippen LogP) is 4.38. The fourth-order valence-corrected chi connectivity index (χ4v) is 5.26. The summed E-state index contributed by atoms with van der Waals surface area (Å²) in [7, 11) is 0. The number of Topliss-reactive ketones (excluding diaryl/α,β-unsaturated/α-hetero) is 1. The number of fused-ring (bicyclic) bond motifs is 3. The Bertz CT molecular complexity index is 1050. The van der Waals surface area contributed by atoms with Gasteiger partial charge in [0.25, 0.3) is 0 Å². The van der Waals surface area contributed by atoms with Crippen LogP contribution < -0.4 is 4.74 Å². The van der Waals surface area contributed by atoms with Crippen molar-refractivity contribution in [1.29, 1.82) is 0 Å². The molecule has 0 N–H and O–H groups in total. The van der Waals surface area contributed by atoms with Crippen molar-refractivity contribution in [3.63, 3.8) is 0 Å². The molecule has 1 fully saturated rings. The van der Waals surface area contributed by atoms with Crippen LogP contribution in [0.4, 0.5) is 4.39 Å². The number of halogens is 1. The number of likely N-dealkylation sites (tertiary alicyclic amines) is 1. The molecule has 5 rings (SSSR count). The van der Waals surface area contributed by atoms with Crippen molar-refractivity contribution in [2.45, 2.75) is 38.1 Å². The molecule has 3 aromatic rings. The molecule has 0 bridgehead atoms. The standard InChI is InChI=1S/C23H25FN4O2S/c24-18-5-3-16(4-6-18)20(29)2-1-10-27-11-7-17(8-12-27)21-25-26-22-19-9-15-31-23(19)30-14-13-28(21)22/h3-6,9,15,17H,1-2,7-8,10-14H2. The highest BCUT2D eigenvalue weighted by Gasteiger charge is 2.28. The van der Waals surface area contributed by atoms with Gasteiger partial charge < -0.3 is 14.2 Å². The fourth-order valence-electron chi connectivity index (χ4n) is 4.50. The normalized spacial score (nSPS) is 16.9. The first-order valence-electron chi connectivity index (χ1n) is 10.8. The van der Waals surface area contributed by atoms with E-state index in [-0.39, 0.29) is 11.6 Å². The maximum absolute atomic E-state index is 13.0. The Morgan fingerprint density at radius 2 is 1.94 bits per heavy atom. The van der Waals surface area contributed by atoms with E-state index in [1.54, 1.807) is 23.5 Å². The molecule has 0 amide bonds. The van der Waals surface area contributed by atoms with Crippen LogP contribution in [0.5, 0.6) is 5.06 Å². The van der Waals surface area contributed by atoms with Gasteiger partial charge in [0.15, 0.2) is 16.7 Å². The Morgan fingerprint density at radius 1 is 1.13 bits per heavy atom. The van der Waals surface area contributed by atoms with Crippen molar-refractivity contribution in [3.8, 4) is 16.5 Å². The Hall–Kier alpha value is -2.58. The van der Waals surface area contributed by atoms with E-state index in [0.29, 0.717) is 24.5 Å². The van der Waals surface area contributed by atoms with Crippen LogP contribution in [0.15, 0.2) is 35.7 Å². The van der Waals surface area contributed by atoms with Crippen LogP contribution in [0.2, 0.25) is 0 Å². The molecule has 31 heavy (non-hydrogen) atoms. The van der Waals surface area contributed by atoms with Gasteiger partial charge in [0.2, 0.25) is 0 Å². The molecule has 0 spiro atoms. The summed E-state index contributed by atoms with van der Waals surface area (Å²) < 4.78 is 21.1. The van der Waals surface area contributed by atoms with E-state index in [1.807, 2.05) is 5.38 Å². The van der Waals surface area contributed by atoms with Crippen molar-refractivity contribution in [3.05, 3.63) is 52.9 Å². The number of piperidine rings is 1. The summed E-state index contributed by atoms with van der Waals surface area (Å²) in [5.41, 5.74) is 1.63. The van der Waals surface area contributed by atoms with Gasteiger partial charge in [-0.15, -0.1) is 21.5 Å². The average molecular weight is 441 g/mol. The number of ether oxygens (including phenoxy) is 1. The minimum Gasteiger partial charge on any atom is -0.481 e. The maximum Gasteiger partial charge on any atom is 0.184 e. The molecule has 2 aliphatic rings. The molecular weight excluding hydrogens is 415 g/mol. The van der Waals surface area contributed by atoms with Gasteiger partial charge >= 0.3 is 0 Å². The van der Waals surface area contributed by atoms with Crippen molar-refractivity contribution in [2.75, 3.05) is 26.2 Å². The van der Waals surface area contributed by atoms with E-state index < -0.39 is 0 Å². The SMILES string of the molecule is O=C(CCCN1CCC(c2nnc3n2CCOc2sccc2-3)CC1)c1ccc(F)cc1. The summed E-state index contributed by atoms with van der Waals surface area (Å²) in [6.07, 6.45) is 3.40. The number of ketones is 1. The number of nitrogens with zero attached hydrogens (tertiary/aromatic N) is 4. The quantitative estimate of drug-likeness (QED) is 0.533. The number of carbonyl (C=O) groups excluding carboxylic acids is 1. The monoisotopic (exact) mass is 440 g/mol. The van der Waals surface area contributed by atoms with Gasteiger partial charge in [-0.25, -0.2) is 4.39 Å². The molecule has 2 aromatic heterocycles. The van der Waals surface area contributed by atoms with Crippen LogP contribution in [-0.4, -0.2) is 51.7 Å². The van der Waals surface area contributed by atoms with Crippen LogP contribution >= 0.6 is 11.3 Å². The van der Waals surface area contributed by atoms with Crippen LogP contribution in [0, 0.1) is 5.82 Å². The lowest BCUT2D eigenvalue weighted by Crippen LogP contribution is -2.34. The Balaban J connectivity index is 1.14. The van der Waals surface area contributed by atoms with Gasteiger partial charge in [0, 0.05) is 17.9 Å². The molecule has 0 radical (unpaired) electrons. The topological polar surface area (TPSA) is 60.2 Å². The smallest absolute Gasteiger partial charge is 0.184 e. The maximum atomic E-state index is 13.0. The van der Waals surface area contributed by atoms with Crippen molar-refractivity contribution in [2.24, 2.45) is 0 Å². The van der Waals surface area contributed by atoms with E-state index in [2.05, 4.69) is 25.7 Å². The van der Waals surface area contributed by atoms with Gasteiger partial charge in [-0.3, -0.25) is 4.79 Å². The summed E-state index contributed by atoms with van der Waals surface area (Å²) in [5, 5.41) is 12.0. The first-order chi connectivity index (χ1) is 15.2.